The summed E-state index contributed by atoms with van der Waals surface area (Å²) in [6, 6.07) is 0.110. The third kappa shape index (κ3) is 10.1. The molecule has 218 valence electrons. The van der Waals surface area contributed by atoms with Gasteiger partial charge in [0.1, 0.15) is 9.98 Å². The van der Waals surface area contributed by atoms with E-state index in [9.17, 15) is 9.59 Å². The molecule has 2 rings (SSSR count). The maximum atomic E-state index is 12.5. The molecule has 2 fully saturated rings. The number of amides is 4. The predicted molar refractivity (Wildman–Crippen MR) is 174 cm³/mol. The molecule has 10 heteroatoms. The zero-order valence-electron chi connectivity index (χ0n) is 24.4. The normalized spacial score (nSPS) is 18.8. The van der Waals surface area contributed by atoms with Crippen molar-refractivity contribution in [2.75, 3.05) is 39.3 Å². The average molecular weight is 603 g/mol. The summed E-state index contributed by atoms with van der Waals surface area (Å²) in [5, 5.41) is 0.705. The highest BCUT2D eigenvalue weighted by molar-refractivity contribution is 7.81. The van der Waals surface area contributed by atoms with Crippen LogP contribution in [0, 0.1) is 10.8 Å². The van der Waals surface area contributed by atoms with Crippen molar-refractivity contribution in [3.05, 3.63) is 0 Å². The lowest BCUT2D eigenvalue weighted by Gasteiger charge is -2.29. The minimum Gasteiger partial charge on any atom is -0.318 e. The molecule has 0 aromatic carbocycles. The molecule has 0 saturated carbocycles. The molecule has 0 aromatic heterocycles. The van der Waals surface area contributed by atoms with E-state index in [4.69, 9.17) is 49.7 Å². The van der Waals surface area contributed by atoms with Gasteiger partial charge in [0.2, 0.25) is 0 Å². The van der Waals surface area contributed by atoms with E-state index < -0.39 is 0 Å². The Labute approximate surface area is 253 Å². The Bertz CT molecular complexity index is 783. The maximum absolute atomic E-state index is 12.5. The van der Waals surface area contributed by atoms with Gasteiger partial charge in [0.05, 0.1) is 13.1 Å². The van der Waals surface area contributed by atoms with Crippen molar-refractivity contribution in [2.24, 2.45) is 10.8 Å². The van der Waals surface area contributed by atoms with Gasteiger partial charge in [-0.3, -0.25) is 9.80 Å². The van der Waals surface area contributed by atoms with Crippen LogP contribution in [0.2, 0.25) is 0 Å². The van der Waals surface area contributed by atoms with Gasteiger partial charge in [0.15, 0.2) is 0 Å². The molecule has 2 aliphatic heterocycles. The predicted octanol–water partition coefficient (Wildman–Crippen LogP) is 6.93. The Morgan fingerprint density at radius 2 is 1.03 bits per heavy atom. The highest BCUT2D eigenvalue weighted by Crippen LogP contribution is 2.33. The first-order chi connectivity index (χ1) is 17.7. The summed E-state index contributed by atoms with van der Waals surface area (Å²) in [6.07, 6.45) is 8.24. The van der Waals surface area contributed by atoms with Crippen molar-refractivity contribution in [3.63, 3.8) is 0 Å². The zero-order chi connectivity index (χ0) is 28.7. The lowest BCUT2D eigenvalue weighted by Crippen LogP contribution is -2.35. The second kappa shape index (κ2) is 14.9. The second-order valence-corrected chi connectivity index (χ2v) is 14.9. The van der Waals surface area contributed by atoms with E-state index >= 15 is 0 Å². The topological polar surface area (TPSA) is 47.1 Å². The van der Waals surface area contributed by atoms with Crippen molar-refractivity contribution < 1.29 is 9.59 Å². The smallest absolute Gasteiger partial charge is 0.318 e. The molecule has 0 radical (unpaired) electrons. The summed E-state index contributed by atoms with van der Waals surface area (Å²) in [6.45, 7) is 17.1. The third-order valence-corrected chi connectivity index (χ3v) is 9.92. The van der Waals surface area contributed by atoms with E-state index in [-0.39, 0.29) is 22.9 Å². The van der Waals surface area contributed by atoms with Crippen molar-refractivity contribution in [3.8, 4) is 0 Å². The Hall–Kier alpha value is -0.580. The van der Waals surface area contributed by atoms with Gasteiger partial charge in [0.25, 0.3) is 0 Å². The molecule has 38 heavy (non-hydrogen) atoms. The number of urea groups is 2. The van der Waals surface area contributed by atoms with Gasteiger partial charge in [-0.2, -0.15) is 25.3 Å². The van der Waals surface area contributed by atoms with Gasteiger partial charge in [-0.15, -0.1) is 0 Å². The second-order valence-electron chi connectivity index (χ2n) is 12.5. The van der Waals surface area contributed by atoms with E-state index in [0.717, 1.165) is 61.3 Å². The van der Waals surface area contributed by atoms with Crippen LogP contribution in [-0.4, -0.2) is 91.4 Å². The van der Waals surface area contributed by atoms with Gasteiger partial charge in [-0.1, -0.05) is 52.1 Å². The van der Waals surface area contributed by atoms with Crippen molar-refractivity contribution >= 4 is 71.7 Å². The molecule has 0 bridgehead atoms. The number of thiol groups is 2. The lowest BCUT2D eigenvalue weighted by molar-refractivity contribution is 0.190. The molecule has 6 nitrogen and oxygen atoms in total. The Kier molecular flexibility index (Phi) is 13.2. The molecule has 0 spiro atoms. The van der Waals surface area contributed by atoms with E-state index in [2.05, 4.69) is 27.7 Å². The van der Waals surface area contributed by atoms with Gasteiger partial charge in [-0.05, 0) is 76.0 Å². The van der Waals surface area contributed by atoms with Crippen LogP contribution >= 0.6 is 49.7 Å². The van der Waals surface area contributed by atoms with Gasteiger partial charge >= 0.3 is 12.1 Å². The fourth-order valence-electron chi connectivity index (χ4n) is 4.99. The first-order valence-electron chi connectivity index (χ1n) is 14.2. The molecule has 2 atom stereocenters. The molecule has 0 N–H and O–H groups in total. The Morgan fingerprint density at radius 3 is 1.32 bits per heavy atom. The van der Waals surface area contributed by atoms with Crippen LogP contribution in [0.15, 0.2) is 0 Å². The van der Waals surface area contributed by atoms with Crippen LogP contribution in [0.3, 0.4) is 0 Å². The number of thiocarbonyl (C=S) groups is 2. The van der Waals surface area contributed by atoms with Crippen LogP contribution < -0.4 is 0 Å². The minimum atomic E-state index is 0.0551. The molecule has 2 heterocycles. The Balaban J connectivity index is 1.65. The molecule has 2 aliphatic rings. The average Bonchev–Trinajstić information content (AvgIpc) is 3.30. The largest absolute Gasteiger partial charge is 0.325 e. The lowest BCUT2D eigenvalue weighted by atomic mass is 9.82. The van der Waals surface area contributed by atoms with E-state index in [0.29, 0.717) is 49.8 Å². The minimum absolute atomic E-state index is 0.0551. The van der Waals surface area contributed by atoms with E-state index in [1.165, 1.54) is 0 Å². The summed E-state index contributed by atoms with van der Waals surface area (Å²) < 4.78 is 0. The Morgan fingerprint density at radius 1 is 0.684 bits per heavy atom. The van der Waals surface area contributed by atoms with Crippen LogP contribution in [0.4, 0.5) is 9.59 Å². The fourth-order valence-corrected chi connectivity index (χ4v) is 6.20. The van der Waals surface area contributed by atoms with Crippen molar-refractivity contribution in [1.29, 1.82) is 0 Å². The van der Waals surface area contributed by atoms with Crippen molar-refractivity contribution in [2.45, 2.75) is 103 Å². The fraction of sp³-hybridized carbons (Fsp3) is 0.857. The monoisotopic (exact) mass is 602 g/mol. The summed E-state index contributed by atoms with van der Waals surface area (Å²) in [5.41, 5.74) is 0.266. The van der Waals surface area contributed by atoms with Gasteiger partial charge in [-0.25, -0.2) is 9.59 Å². The van der Waals surface area contributed by atoms with E-state index in [1.807, 2.05) is 13.8 Å². The van der Waals surface area contributed by atoms with Gasteiger partial charge < -0.3 is 9.80 Å². The molecule has 0 aromatic rings. The number of hydrogen-bond donors (Lipinski definition) is 2. The molecular formula is C28H50N4O2S4. The van der Waals surface area contributed by atoms with Crippen LogP contribution in [0.25, 0.3) is 0 Å². The van der Waals surface area contributed by atoms with Crippen LogP contribution in [-0.2, 0) is 0 Å². The summed E-state index contributed by atoms with van der Waals surface area (Å²) in [4.78, 5) is 33.6. The number of rotatable bonds is 17. The number of nitrogens with zero attached hydrogens (tertiary/aromatic N) is 4. The van der Waals surface area contributed by atoms with E-state index in [1.54, 1.807) is 19.6 Å². The molecule has 4 amide bonds. The standard InChI is InChI=1S/C28H50N4O2S4/c1-7-29-19-23(37)31(25(29)33)17-15-27(3,4)13-11-21(35)9-10-22(36)12-14-28(5,6)16-18-32-24(38)20-30(8-2)26(32)34/h21-22,35-36H,7-20H2,1-6H3. The summed E-state index contributed by atoms with van der Waals surface area (Å²) in [5.74, 6) is 0. The SMILES string of the molecule is CCN1CC(=S)N(CCC(C)(C)CCC(S)CCC(S)CCC(C)(C)CCN2C(=O)N(CC)CC2=S)C1=O. The number of hydrogen-bond acceptors (Lipinski definition) is 6. The maximum Gasteiger partial charge on any atom is 0.325 e. The summed E-state index contributed by atoms with van der Waals surface area (Å²) >= 11 is 20.6. The quantitative estimate of drug-likeness (QED) is 0.140. The first-order valence-corrected chi connectivity index (χ1v) is 16.1. The molecule has 2 unspecified atom stereocenters. The number of carbonyl (C=O) groups is 2. The highest BCUT2D eigenvalue weighted by atomic mass is 32.1. The first kappa shape index (κ1) is 33.6. The van der Waals surface area contributed by atoms with Crippen LogP contribution in [0.1, 0.15) is 92.9 Å². The van der Waals surface area contributed by atoms with Crippen molar-refractivity contribution in [1.82, 2.24) is 19.6 Å². The third-order valence-electron chi connectivity index (χ3n) is 8.19. The summed E-state index contributed by atoms with van der Waals surface area (Å²) in [7, 11) is 0. The number of likely N-dealkylation sites (N-methyl/N-ethyl adjacent to an activating group) is 2. The molecule has 2 saturated heterocycles. The molecule has 0 aliphatic carbocycles. The highest BCUT2D eigenvalue weighted by Gasteiger charge is 2.34. The number of carbonyl (C=O) groups excluding carboxylic acids is 2. The molecular weight excluding hydrogens is 553 g/mol. The van der Waals surface area contributed by atoms with Gasteiger partial charge in [0, 0.05) is 36.7 Å². The van der Waals surface area contributed by atoms with Crippen LogP contribution in [0.5, 0.6) is 0 Å². The zero-order valence-corrected chi connectivity index (χ0v) is 27.8.